The number of aldehydes is 1. The lowest BCUT2D eigenvalue weighted by Crippen LogP contribution is -1.90. The molecule has 0 unspecified atom stereocenters. The highest BCUT2D eigenvalue weighted by Gasteiger charge is 2.09. The SMILES string of the molecule is COc1ccc(CC=O)c(O)c1Br. The molecule has 0 saturated heterocycles. The first-order valence-corrected chi connectivity index (χ1v) is 4.48. The quantitative estimate of drug-likeness (QED) is 0.827. The van der Waals surface area contributed by atoms with Gasteiger partial charge in [0.2, 0.25) is 0 Å². The molecule has 0 aliphatic heterocycles. The van der Waals surface area contributed by atoms with Crippen molar-refractivity contribution in [2.24, 2.45) is 0 Å². The fourth-order valence-electron chi connectivity index (χ4n) is 0.998. The molecule has 0 atom stereocenters. The fourth-order valence-corrected chi connectivity index (χ4v) is 1.55. The molecule has 0 spiro atoms. The summed E-state index contributed by atoms with van der Waals surface area (Å²) in [5.74, 6) is 0.610. The van der Waals surface area contributed by atoms with Crippen LogP contribution in [0, 0.1) is 0 Å². The predicted octanol–water partition coefficient (Wildman–Crippen LogP) is 1.90. The van der Waals surface area contributed by atoms with Crippen LogP contribution in [0.4, 0.5) is 0 Å². The smallest absolute Gasteiger partial charge is 0.137 e. The zero-order valence-electron chi connectivity index (χ0n) is 7.08. The number of benzene rings is 1. The molecular weight excluding hydrogens is 236 g/mol. The van der Waals surface area contributed by atoms with Crippen LogP contribution < -0.4 is 4.74 Å². The first-order chi connectivity index (χ1) is 6.20. The fraction of sp³-hybridized carbons (Fsp3) is 0.222. The van der Waals surface area contributed by atoms with Crippen molar-refractivity contribution < 1.29 is 14.6 Å². The van der Waals surface area contributed by atoms with Crippen LogP contribution in [-0.2, 0) is 11.2 Å². The highest BCUT2D eigenvalue weighted by molar-refractivity contribution is 9.10. The van der Waals surface area contributed by atoms with Gasteiger partial charge in [-0.3, -0.25) is 0 Å². The second-order valence-electron chi connectivity index (χ2n) is 2.46. The van der Waals surface area contributed by atoms with E-state index >= 15 is 0 Å². The minimum atomic E-state index is 0.0615. The van der Waals surface area contributed by atoms with Crippen molar-refractivity contribution in [3.8, 4) is 11.5 Å². The Morgan fingerprint density at radius 1 is 1.62 bits per heavy atom. The Hall–Kier alpha value is -1.03. The second kappa shape index (κ2) is 4.28. The van der Waals surface area contributed by atoms with Gasteiger partial charge in [-0.25, -0.2) is 0 Å². The lowest BCUT2D eigenvalue weighted by molar-refractivity contribution is -0.107. The lowest BCUT2D eigenvalue weighted by Gasteiger charge is -2.07. The Balaban J connectivity index is 3.14. The third-order valence-corrected chi connectivity index (χ3v) is 2.45. The van der Waals surface area contributed by atoms with Gasteiger partial charge in [0.25, 0.3) is 0 Å². The zero-order valence-corrected chi connectivity index (χ0v) is 8.67. The molecule has 13 heavy (non-hydrogen) atoms. The van der Waals surface area contributed by atoms with Crippen molar-refractivity contribution >= 4 is 22.2 Å². The number of carbonyl (C=O) groups is 1. The van der Waals surface area contributed by atoms with Crippen molar-refractivity contribution in [1.29, 1.82) is 0 Å². The second-order valence-corrected chi connectivity index (χ2v) is 3.25. The molecule has 1 N–H and O–H groups in total. The molecule has 4 heteroatoms. The van der Waals surface area contributed by atoms with E-state index in [1.54, 1.807) is 12.1 Å². The van der Waals surface area contributed by atoms with E-state index in [0.717, 1.165) is 6.29 Å². The van der Waals surface area contributed by atoms with Crippen LogP contribution in [0.15, 0.2) is 16.6 Å². The van der Waals surface area contributed by atoms with Gasteiger partial charge < -0.3 is 14.6 Å². The molecule has 0 aliphatic rings. The van der Waals surface area contributed by atoms with E-state index in [4.69, 9.17) is 4.74 Å². The molecule has 1 aromatic carbocycles. The summed E-state index contributed by atoms with van der Waals surface area (Å²) in [4.78, 5) is 10.2. The predicted molar refractivity (Wildman–Crippen MR) is 52.1 cm³/mol. The maximum absolute atomic E-state index is 10.2. The average Bonchev–Trinajstić information content (AvgIpc) is 2.14. The van der Waals surface area contributed by atoms with Crippen LogP contribution in [0.5, 0.6) is 11.5 Å². The Kier molecular flexibility index (Phi) is 3.31. The molecule has 70 valence electrons. The van der Waals surface area contributed by atoms with Crippen LogP contribution >= 0.6 is 15.9 Å². The van der Waals surface area contributed by atoms with Crippen molar-refractivity contribution in [2.45, 2.75) is 6.42 Å². The summed E-state index contributed by atoms with van der Waals surface area (Å²) in [5.41, 5.74) is 0.586. The molecule has 0 fully saturated rings. The molecule has 0 amide bonds. The molecule has 1 rings (SSSR count). The standard InChI is InChI=1S/C9H9BrO3/c1-13-7-3-2-6(4-5-11)9(12)8(7)10/h2-3,5,12H,4H2,1H3. The van der Waals surface area contributed by atoms with Gasteiger partial charge in [0.1, 0.15) is 22.3 Å². The number of rotatable bonds is 3. The summed E-state index contributed by atoms with van der Waals surface area (Å²) in [6, 6.07) is 3.36. The number of phenolic OH excluding ortho intramolecular Hbond substituents is 1. The highest BCUT2D eigenvalue weighted by atomic mass is 79.9. The summed E-state index contributed by atoms with van der Waals surface area (Å²) in [7, 11) is 1.51. The third-order valence-electron chi connectivity index (χ3n) is 1.69. The Morgan fingerprint density at radius 3 is 2.85 bits per heavy atom. The minimum Gasteiger partial charge on any atom is -0.506 e. The molecule has 0 bridgehead atoms. The number of methoxy groups -OCH3 is 1. The first kappa shape index (κ1) is 10.1. The van der Waals surface area contributed by atoms with Gasteiger partial charge in [0.05, 0.1) is 7.11 Å². The van der Waals surface area contributed by atoms with Crippen LogP contribution in [0.1, 0.15) is 5.56 Å². The van der Waals surface area contributed by atoms with Crippen LogP contribution in [-0.4, -0.2) is 18.5 Å². The maximum atomic E-state index is 10.2. The molecule has 0 radical (unpaired) electrons. The first-order valence-electron chi connectivity index (χ1n) is 3.68. The lowest BCUT2D eigenvalue weighted by atomic mass is 10.1. The number of phenols is 1. The van der Waals surface area contributed by atoms with E-state index in [-0.39, 0.29) is 12.2 Å². The Labute approximate surface area is 84.5 Å². The van der Waals surface area contributed by atoms with E-state index in [0.29, 0.717) is 15.8 Å². The molecule has 0 aliphatic carbocycles. The van der Waals surface area contributed by atoms with E-state index in [1.807, 2.05) is 0 Å². The van der Waals surface area contributed by atoms with Crippen molar-refractivity contribution in [2.75, 3.05) is 7.11 Å². The maximum Gasteiger partial charge on any atom is 0.137 e. The number of ether oxygens (including phenoxy) is 1. The Morgan fingerprint density at radius 2 is 2.31 bits per heavy atom. The summed E-state index contributed by atoms with van der Waals surface area (Å²) in [6.45, 7) is 0. The number of hydrogen-bond acceptors (Lipinski definition) is 3. The summed E-state index contributed by atoms with van der Waals surface area (Å²) in [5, 5.41) is 9.55. The summed E-state index contributed by atoms with van der Waals surface area (Å²) in [6.07, 6.45) is 0.947. The number of carbonyl (C=O) groups excluding carboxylic acids is 1. The van der Waals surface area contributed by atoms with Crippen LogP contribution in [0.2, 0.25) is 0 Å². The average molecular weight is 245 g/mol. The molecule has 0 aromatic heterocycles. The van der Waals surface area contributed by atoms with Crippen LogP contribution in [0.3, 0.4) is 0 Å². The summed E-state index contributed by atoms with van der Waals surface area (Å²) >= 11 is 3.17. The van der Waals surface area contributed by atoms with E-state index in [1.165, 1.54) is 7.11 Å². The molecule has 0 saturated carbocycles. The zero-order chi connectivity index (χ0) is 9.84. The number of aromatic hydroxyl groups is 1. The number of halogens is 1. The van der Waals surface area contributed by atoms with E-state index in [9.17, 15) is 9.90 Å². The number of hydrogen-bond donors (Lipinski definition) is 1. The van der Waals surface area contributed by atoms with Gasteiger partial charge in [-0.15, -0.1) is 0 Å². The topological polar surface area (TPSA) is 46.5 Å². The minimum absolute atomic E-state index is 0.0615. The van der Waals surface area contributed by atoms with Crippen molar-refractivity contribution in [3.05, 3.63) is 22.2 Å². The molecule has 3 nitrogen and oxygen atoms in total. The van der Waals surface area contributed by atoms with E-state index in [2.05, 4.69) is 15.9 Å². The molecule has 0 heterocycles. The van der Waals surface area contributed by atoms with Gasteiger partial charge in [-0.1, -0.05) is 6.07 Å². The highest BCUT2D eigenvalue weighted by Crippen LogP contribution is 2.36. The monoisotopic (exact) mass is 244 g/mol. The van der Waals surface area contributed by atoms with Gasteiger partial charge in [-0.2, -0.15) is 0 Å². The van der Waals surface area contributed by atoms with Crippen molar-refractivity contribution in [3.63, 3.8) is 0 Å². The Bertz CT molecular complexity index is 323. The van der Waals surface area contributed by atoms with Gasteiger partial charge in [0.15, 0.2) is 0 Å². The van der Waals surface area contributed by atoms with Gasteiger partial charge in [-0.05, 0) is 22.0 Å². The summed E-state index contributed by atoms with van der Waals surface area (Å²) < 4.78 is 5.44. The van der Waals surface area contributed by atoms with E-state index < -0.39 is 0 Å². The van der Waals surface area contributed by atoms with Crippen LogP contribution in [0.25, 0.3) is 0 Å². The third kappa shape index (κ3) is 2.01. The van der Waals surface area contributed by atoms with Crippen molar-refractivity contribution in [1.82, 2.24) is 0 Å². The largest absolute Gasteiger partial charge is 0.506 e. The van der Waals surface area contributed by atoms with Gasteiger partial charge in [0, 0.05) is 12.0 Å². The molecule has 1 aromatic rings. The normalized spacial score (nSPS) is 9.69. The molecular formula is C9H9BrO3. The van der Waals surface area contributed by atoms with Gasteiger partial charge >= 0.3 is 0 Å².